The fourth-order valence-corrected chi connectivity index (χ4v) is 3.61. The largest absolute Gasteiger partial charge is 0.468 e. The summed E-state index contributed by atoms with van der Waals surface area (Å²) in [5.74, 6) is 0.0724. The minimum Gasteiger partial charge on any atom is -0.468 e. The van der Waals surface area contributed by atoms with E-state index in [4.69, 9.17) is 4.42 Å². The molecule has 0 bridgehead atoms. The zero-order valence-electron chi connectivity index (χ0n) is 10.7. The lowest BCUT2D eigenvalue weighted by molar-refractivity contribution is -0.480. The smallest absolute Gasteiger partial charge is 0.228 e. The molecule has 2 rings (SSSR count). The molecule has 6 nitrogen and oxygen atoms in total. The highest BCUT2D eigenvalue weighted by molar-refractivity contribution is 7.91. The molecule has 2 aromatic rings. The van der Waals surface area contributed by atoms with Crippen molar-refractivity contribution >= 4 is 9.84 Å². The quantitative estimate of drug-likeness (QED) is 0.624. The summed E-state index contributed by atoms with van der Waals surface area (Å²) in [6.07, 6.45) is 1.30. The fourth-order valence-electron chi connectivity index (χ4n) is 1.91. The number of nitrogens with zero attached hydrogens (tertiary/aromatic N) is 1. The lowest BCUT2D eigenvalue weighted by atomic mass is 10.2. The van der Waals surface area contributed by atoms with E-state index in [-0.39, 0.29) is 10.7 Å². The Hall–Kier alpha value is -2.15. The Morgan fingerprint density at radius 2 is 2.05 bits per heavy atom. The summed E-state index contributed by atoms with van der Waals surface area (Å²) < 4.78 is 30.2. The van der Waals surface area contributed by atoms with Crippen molar-refractivity contribution in [1.82, 2.24) is 0 Å². The SMILES string of the molecule is Cc1cccc(S(=O)(=O)[C@@H](C[N+](=O)[O-])c2ccco2)c1. The minimum absolute atomic E-state index is 0.0563. The van der Waals surface area contributed by atoms with Crippen molar-refractivity contribution in [3.8, 4) is 0 Å². The van der Waals surface area contributed by atoms with Gasteiger partial charge in [-0.3, -0.25) is 10.1 Å². The van der Waals surface area contributed by atoms with Gasteiger partial charge in [-0.2, -0.15) is 0 Å². The van der Waals surface area contributed by atoms with Gasteiger partial charge in [-0.1, -0.05) is 12.1 Å². The van der Waals surface area contributed by atoms with Crippen LogP contribution in [0.4, 0.5) is 0 Å². The van der Waals surface area contributed by atoms with Crippen molar-refractivity contribution in [2.75, 3.05) is 6.54 Å². The predicted molar refractivity (Wildman–Crippen MR) is 71.7 cm³/mol. The number of rotatable bonds is 5. The third-order valence-corrected chi connectivity index (χ3v) is 4.91. The van der Waals surface area contributed by atoms with Gasteiger partial charge in [0.1, 0.15) is 5.76 Å². The molecular formula is C13H13NO5S. The molecule has 20 heavy (non-hydrogen) atoms. The van der Waals surface area contributed by atoms with Crippen LogP contribution in [0.1, 0.15) is 16.6 Å². The van der Waals surface area contributed by atoms with Crippen LogP contribution in [0.15, 0.2) is 52.0 Å². The zero-order valence-corrected chi connectivity index (χ0v) is 11.5. The molecule has 0 amide bonds. The molecular weight excluding hydrogens is 282 g/mol. The van der Waals surface area contributed by atoms with Gasteiger partial charge in [-0.05, 0) is 36.8 Å². The van der Waals surface area contributed by atoms with Crippen molar-refractivity contribution in [2.24, 2.45) is 0 Å². The maximum Gasteiger partial charge on any atom is 0.228 e. The van der Waals surface area contributed by atoms with Gasteiger partial charge in [-0.25, -0.2) is 8.42 Å². The molecule has 0 fully saturated rings. The van der Waals surface area contributed by atoms with Crippen LogP contribution in [-0.4, -0.2) is 19.9 Å². The molecule has 0 unspecified atom stereocenters. The number of nitro groups is 1. The molecule has 0 saturated carbocycles. The molecule has 1 aromatic carbocycles. The topological polar surface area (TPSA) is 90.4 Å². The van der Waals surface area contributed by atoms with Gasteiger partial charge in [0.15, 0.2) is 15.1 Å². The number of hydrogen-bond donors (Lipinski definition) is 0. The van der Waals surface area contributed by atoms with Gasteiger partial charge in [-0.15, -0.1) is 0 Å². The standard InChI is InChI=1S/C13H13NO5S/c1-10-4-2-5-11(8-10)20(17,18)13(9-14(15)16)12-6-3-7-19-12/h2-8,13H,9H2,1H3/t13-/m0/s1. The molecule has 0 N–H and O–H groups in total. The summed E-state index contributed by atoms with van der Waals surface area (Å²) in [5.41, 5.74) is 0.769. The molecule has 7 heteroatoms. The summed E-state index contributed by atoms with van der Waals surface area (Å²) in [6.45, 7) is 1.03. The molecule has 0 aliphatic carbocycles. The van der Waals surface area contributed by atoms with Crippen LogP contribution in [-0.2, 0) is 9.84 Å². The lowest BCUT2D eigenvalue weighted by Crippen LogP contribution is -2.21. The molecule has 1 atom stereocenters. The van der Waals surface area contributed by atoms with Crippen LogP contribution in [0.5, 0.6) is 0 Å². The number of hydrogen-bond acceptors (Lipinski definition) is 5. The Kier molecular flexibility index (Phi) is 3.89. The Bertz CT molecular complexity index is 706. The number of benzene rings is 1. The minimum atomic E-state index is -3.88. The monoisotopic (exact) mass is 295 g/mol. The zero-order chi connectivity index (χ0) is 14.8. The Balaban J connectivity index is 2.50. The van der Waals surface area contributed by atoms with Crippen molar-refractivity contribution in [2.45, 2.75) is 17.1 Å². The van der Waals surface area contributed by atoms with Gasteiger partial charge in [0.2, 0.25) is 6.54 Å². The first kappa shape index (κ1) is 14.3. The van der Waals surface area contributed by atoms with Crippen LogP contribution in [0, 0.1) is 17.0 Å². The third-order valence-electron chi connectivity index (χ3n) is 2.87. The summed E-state index contributed by atoms with van der Waals surface area (Å²) >= 11 is 0. The molecule has 0 spiro atoms. The highest BCUT2D eigenvalue weighted by Gasteiger charge is 2.35. The molecule has 106 valence electrons. The molecule has 0 aliphatic rings. The van der Waals surface area contributed by atoms with Gasteiger partial charge in [0.05, 0.1) is 11.2 Å². The van der Waals surface area contributed by atoms with E-state index in [0.29, 0.717) is 0 Å². The summed E-state index contributed by atoms with van der Waals surface area (Å²) in [6, 6.07) is 9.22. The summed E-state index contributed by atoms with van der Waals surface area (Å²) in [7, 11) is -3.88. The second kappa shape index (κ2) is 5.46. The van der Waals surface area contributed by atoms with Crippen LogP contribution in [0.3, 0.4) is 0 Å². The van der Waals surface area contributed by atoms with E-state index >= 15 is 0 Å². The van der Waals surface area contributed by atoms with Crippen molar-refractivity contribution in [3.63, 3.8) is 0 Å². The summed E-state index contributed by atoms with van der Waals surface area (Å²) in [5, 5.41) is 9.42. The predicted octanol–water partition coefficient (Wildman–Crippen LogP) is 2.38. The molecule has 0 radical (unpaired) electrons. The van der Waals surface area contributed by atoms with E-state index in [1.165, 1.54) is 30.5 Å². The first-order valence-electron chi connectivity index (χ1n) is 5.87. The Morgan fingerprint density at radius 1 is 1.30 bits per heavy atom. The van der Waals surface area contributed by atoms with Crippen LogP contribution in [0.2, 0.25) is 0 Å². The van der Waals surface area contributed by atoms with E-state index in [2.05, 4.69) is 0 Å². The van der Waals surface area contributed by atoms with Crippen molar-refractivity contribution in [3.05, 3.63) is 64.1 Å². The fraction of sp³-hybridized carbons (Fsp3) is 0.231. The second-order valence-corrected chi connectivity index (χ2v) is 6.51. The van der Waals surface area contributed by atoms with E-state index < -0.39 is 26.6 Å². The van der Waals surface area contributed by atoms with Gasteiger partial charge in [0.25, 0.3) is 0 Å². The number of aryl methyl sites for hydroxylation is 1. The molecule has 1 heterocycles. The first-order valence-corrected chi connectivity index (χ1v) is 7.41. The molecule has 0 aliphatic heterocycles. The maximum atomic E-state index is 12.6. The second-order valence-electron chi connectivity index (χ2n) is 4.38. The first-order chi connectivity index (χ1) is 9.41. The molecule has 1 aromatic heterocycles. The molecule has 0 saturated heterocycles. The van der Waals surface area contributed by atoms with Crippen LogP contribution < -0.4 is 0 Å². The maximum absolute atomic E-state index is 12.6. The normalized spacial score (nSPS) is 13.1. The van der Waals surface area contributed by atoms with E-state index in [1.807, 2.05) is 0 Å². The number of sulfone groups is 1. The highest BCUT2D eigenvalue weighted by atomic mass is 32.2. The average molecular weight is 295 g/mol. The summed E-state index contributed by atoms with van der Waals surface area (Å²) in [4.78, 5) is 10.2. The average Bonchev–Trinajstić information content (AvgIpc) is 2.89. The van der Waals surface area contributed by atoms with Crippen molar-refractivity contribution in [1.29, 1.82) is 0 Å². The highest BCUT2D eigenvalue weighted by Crippen LogP contribution is 2.29. The number of furan rings is 1. The Labute approximate surface area is 116 Å². The van der Waals surface area contributed by atoms with Gasteiger partial charge in [0, 0.05) is 4.92 Å². The van der Waals surface area contributed by atoms with Crippen LogP contribution in [0.25, 0.3) is 0 Å². The lowest BCUT2D eigenvalue weighted by Gasteiger charge is -2.12. The van der Waals surface area contributed by atoms with Crippen LogP contribution >= 0.6 is 0 Å². The van der Waals surface area contributed by atoms with E-state index in [0.717, 1.165) is 5.56 Å². The van der Waals surface area contributed by atoms with Gasteiger partial charge < -0.3 is 4.42 Å². The Morgan fingerprint density at radius 3 is 2.60 bits per heavy atom. The van der Waals surface area contributed by atoms with E-state index in [1.54, 1.807) is 19.1 Å². The third kappa shape index (κ3) is 2.88. The van der Waals surface area contributed by atoms with Crippen molar-refractivity contribution < 1.29 is 17.8 Å². The van der Waals surface area contributed by atoms with E-state index in [9.17, 15) is 18.5 Å². The van der Waals surface area contributed by atoms with Gasteiger partial charge >= 0.3 is 0 Å².